The summed E-state index contributed by atoms with van der Waals surface area (Å²) in [5.41, 5.74) is 0.323. The maximum Gasteiger partial charge on any atom is 0.339 e. The Labute approximate surface area is 114 Å². The molecule has 19 heavy (non-hydrogen) atoms. The summed E-state index contributed by atoms with van der Waals surface area (Å²) in [5, 5.41) is 9.11. The molecular formula is C14H21FO3Si. The van der Waals surface area contributed by atoms with Crippen molar-refractivity contribution in [3.63, 3.8) is 0 Å². The summed E-state index contributed by atoms with van der Waals surface area (Å²) in [7, 11) is -2.19. The maximum atomic E-state index is 13.6. The van der Waals surface area contributed by atoms with Crippen LogP contribution >= 0.6 is 0 Å². The topological polar surface area (TPSA) is 46.5 Å². The Morgan fingerprint density at radius 3 is 2.26 bits per heavy atom. The smallest absolute Gasteiger partial charge is 0.339 e. The second-order valence-corrected chi connectivity index (χ2v) is 11.0. The van der Waals surface area contributed by atoms with Crippen LogP contribution in [0.1, 0.15) is 36.7 Å². The Kier molecular flexibility index (Phi) is 4.10. The third-order valence-corrected chi connectivity index (χ3v) is 8.01. The first kappa shape index (κ1) is 15.7. The number of carboxylic acid groups (broad SMARTS) is 1. The molecule has 0 fully saturated rings. The van der Waals surface area contributed by atoms with Gasteiger partial charge < -0.3 is 9.53 Å². The first-order chi connectivity index (χ1) is 8.45. The quantitative estimate of drug-likeness (QED) is 0.845. The van der Waals surface area contributed by atoms with E-state index in [0.29, 0.717) is 5.56 Å². The van der Waals surface area contributed by atoms with Crippen molar-refractivity contribution in [3.8, 4) is 5.75 Å². The Hall–Kier alpha value is -1.36. The van der Waals surface area contributed by atoms with Crippen LogP contribution < -0.4 is 4.43 Å². The van der Waals surface area contributed by atoms with Gasteiger partial charge in [-0.15, -0.1) is 0 Å². The fourth-order valence-electron chi connectivity index (χ4n) is 1.34. The van der Waals surface area contributed by atoms with Crippen molar-refractivity contribution >= 4 is 14.3 Å². The van der Waals surface area contributed by atoms with Crippen molar-refractivity contribution in [2.24, 2.45) is 0 Å². The van der Waals surface area contributed by atoms with Crippen LogP contribution in [0.4, 0.5) is 4.39 Å². The fraction of sp³-hybridized carbons (Fsp3) is 0.500. The van der Waals surface area contributed by atoms with Gasteiger partial charge in [0.15, 0.2) is 0 Å². The van der Waals surface area contributed by atoms with E-state index in [0.717, 1.165) is 0 Å². The van der Waals surface area contributed by atoms with E-state index in [2.05, 4.69) is 0 Å². The van der Waals surface area contributed by atoms with Gasteiger partial charge in [0.05, 0.1) is 0 Å². The van der Waals surface area contributed by atoms with Gasteiger partial charge in [-0.1, -0.05) is 20.8 Å². The molecule has 0 radical (unpaired) electrons. The van der Waals surface area contributed by atoms with Crippen LogP contribution in [0, 0.1) is 12.7 Å². The third kappa shape index (κ3) is 3.35. The van der Waals surface area contributed by atoms with Crippen LogP contribution in [0.3, 0.4) is 0 Å². The number of halogens is 1. The van der Waals surface area contributed by atoms with E-state index < -0.39 is 20.1 Å². The Bertz CT molecular complexity index is 504. The second kappa shape index (κ2) is 4.96. The average Bonchev–Trinajstić information content (AvgIpc) is 2.20. The molecule has 1 aromatic carbocycles. The summed E-state index contributed by atoms with van der Waals surface area (Å²) in [6, 6.07) is 2.50. The minimum atomic E-state index is -2.19. The SMILES string of the molecule is Cc1cc(C(=O)O)c(O[Si](C)(C)C(C)(C)C)cc1F. The molecule has 0 aliphatic heterocycles. The first-order valence-corrected chi connectivity index (χ1v) is 9.09. The summed E-state index contributed by atoms with van der Waals surface area (Å²) in [6.07, 6.45) is 0. The van der Waals surface area contributed by atoms with E-state index in [1.807, 2.05) is 33.9 Å². The van der Waals surface area contributed by atoms with Crippen molar-refractivity contribution < 1.29 is 18.7 Å². The Morgan fingerprint density at radius 2 is 1.84 bits per heavy atom. The minimum Gasteiger partial charge on any atom is -0.543 e. The number of carboxylic acids is 1. The molecule has 0 aliphatic carbocycles. The zero-order chi connectivity index (χ0) is 15.0. The van der Waals surface area contributed by atoms with E-state index >= 15 is 0 Å². The van der Waals surface area contributed by atoms with Gasteiger partial charge in [-0.3, -0.25) is 0 Å². The highest BCUT2D eigenvalue weighted by Gasteiger charge is 2.39. The van der Waals surface area contributed by atoms with Gasteiger partial charge in [-0.25, -0.2) is 9.18 Å². The number of hydrogen-bond donors (Lipinski definition) is 1. The molecule has 0 heterocycles. The van der Waals surface area contributed by atoms with Crippen molar-refractivity contribution in [3.05, 3.63) is 29.1 Å². The highest BCUT2D eigenvalue weighted by Crippen LogP contribution is 2.38. The van der Waals surface area contributed by atoms with E-state index in [1.54, 1.807) is 0 Å². The Morgan fingerprint density at radius 1 is 1.32 bits per heavy atom. The molecule has 1 aromatic rings. The van der Waals surface area contributed by atoms with Crippen molar-refractivity contribution in [1.82, 2.24) is 0 Å². The molecule has 0 aromatic heterocycles. The summed E-state index contributed by atoms with van der Waals surface area (Å²) in [6.45, 7) is 11.7. The van der Waals surface area contributed by atoms with E-state index in [9.17, 15) is 14.3 Å². The van der Waals surface area contributed by atoms with Crippen molar-refractivity contribution in [2.45, 2.75) is 45.8 Å². The number of aryl methyl sites for hydroxylation is 1. The van der Waals surface area contributed by atoms with Gasteiger partial charge in [-0.05, 0) is 36.7 Å². The highest BCUT2D eigenvalue weighted by molar-refractivity contribution is 6.74. The van der Waals surface area contributed by atoms with E-state index in [4.69, 9.17) is 4.43 Å². The summed E-state index contributed by atoms with van der Waals surface area (Å²) in [4.78, 5) is 11.2. The lowest BCUT2D eigenvalue weighted by atomic mass is 10.1. The van der Waals surface area contributed by atoms with Gasteiger partial charge in [0.2, 0.25) is 0 Å². The molecule has 106 valence electrons. The molecule has 0 saturated heterocycles. The van der Waals surface area contributed by atoms with Gasteiger partial charge in [0, 0.05) is 6.07 Å². The third-order valence-electron chi connectivity index (χ3n) is 3.66. The fourth-order valence-corrected chi connectivity index (χ4v) is 2.37. The summed E-state index contributed by atoms with van der Waals surface area (Å²) < 4.78 is 19.5. The number of hydrogen-bond acceptors (Lipinski definition) is 2. The van der Waals surface area contributed by atoms with Gasteiger partial charge in [-0.2, -0.15) is 0 Å². The molecule has 0 amide bonds. The largest absolute Gasteiger partial charge is 0.543 e. The minimum absolute atomic E-state index is 0.0173. The summed E-state index contributed by atoms with van der Waals surface area (Å²) in [5.74, 6) is -1.42. The number of benzene rings is 1. The first-order valence-electron chi connectivity index (χ1n) is 6.18. The number of rotatable bonds is 3. The van der Waals surface area contributed by atoms with Crippen LogP contribution in [0.2, 0.25) is 18.1 Å². The molecule has 1 N–H and O–H groups in total. The predicted molar refractivity (Wildman–Crippen MR) is 75.9 cm³/mol. The second-order valence-electron chi connectivity index (χ2n) is 6.27. The molecular weight excluding hydrogens is 263 g/mol. The number of carbonyl (C=O) groups is 1. The van der Waals surface area contributed by atoms with Crippen molar-refractivity contribution in [2.75, 3.05) is 0 Å². The lowest BCUT2D eigenvalue weighted by Gasteiger charge is -2.36. The van der Waals surface area contributed by atoms with E-state index in [1.165, 1.54) is 19.1 Å². The summed E-state index contributed by atoms with van der Waals surface area (Å²) >= 11 is 0. The van der Waals surface area contributed by atoms with Crippen molar-refractivity contribution in [1.29, 1.82) is 0 Å². The molecule has 0 aliphatic rings. The van der Waals surface area contributed by atoms with Crippen LogP contribution in [0.25, 0.3) is 0 Å². The standard InChI is InChI=1S/C14H21FO3Si/c1-9-7-10(13(16)17)12(8-11(9)15)18-19(5,6)14(2,3)4/h7-8H,1-6H3,(H,16,17). The van der Waals surface area contributed by atoms with Crippen LogP contribution in [-0.4, -0.2) is 19.4 Å². The average molecular weight is 284 g/mol. The monoisotopic (exact) mass is 284 g/mol. The van der Waals surface area contributed by atoms with Gasteiger partial charge in [0.25, 0.3) is 8.32 Å². The maximum absolute atomic E-state index is 13.6. The van der Waals surface area contributed by atoms with Crippen LogP contribution in [0.15, 0.2) is 12.1 Å². The zero-order valence-electron chi connectivity index (χ0n) is 12.3. The lowest BCUT2D eigenvalue weighted by molar-refractivity contribution is 0.0694. The lowest BCUT2D eigenvalue weighted by Crippen LogP contribution is -2.44. The number of aromatic carboxylic acids is 1. The molecule has 0 bridgehead atoms. The highest BCUT2D eigenvalue weighted by atomic mass is 28.4. The molecule has 5 heteroatoms. The zero-order valence-corrected chi connectivity index (χ0v) is 13.3. The van der Waals surface area contributed by atoms with Crippen LogP contribution in [0.5, 0.6) is 5.75 Å². The van der Waals surface area contributed by atoms with Gasteiger partial charge in [0.1, 0.15) is 17.1 Å². The molecule has 0 unspecified atom stereocenters. The Balaban J connectivity index is 3.28. The van der Waals surface area contributed by atoms with Gasteiger partial charge >= 0.3 is 5.97 Å². The predicted octanol–water partition coefficient (Wildman–Crippen LogP) is 4.22. The van der Waals surface area contributed by atoms with Crippen LogP contribution in [-0.2, 0) is 0 Å². The normalized spacial score (nSPS) is 12.4. The molecule has 0 spiro atoms. The molecule has 3 nitrogen and oxygen atoms in total. The molecule has 0 atom stereocenters. The molecule has 0 saturated carbocycles. The van der Waals surface area contributed by atoms with E-state index in [-0.39, 0.29) is 16.4 Å². The molecule has 1 rings (SSSR count).